The van der Waals surface area contributed by atoms with E-state index in [4.69, 9.17) is 4.74 Å². The summed E-state index contributed by atoms with van der Waals surface area (Å²) in [5.74, 6) is -1.03. The van der Waals surface area contributed by atoms with Gasteiger partial charge in [0.1, 0.15) is 5.75 Å². The summed E-state index contributed by atoms with van der Waals surface area (Å²) in [4.78, 5) is 12.6. The van der Waals surface area contributed by atoms with E-state index in [-0.39, 0.29) is 13.1 Å². The topological polar surface area (TPSA) is 75.7 Å². The number of halogens is 3. The van der Waals surface area contributed by atoms with Crippen LogP contribution in [0.2, 0.25) is 0 Å². The van der Waals surface area contributed by atoms with Gasteiger partial charge < -0.3 is 10.1 Å². The summed E-state index contributed by atoms with van der Waals surface area (Å²) >= 11 is 0. The van der Waals surface area contributed by atoms with Crippen molar-refractivity contribution in [1.82, 2.24) is 4.31 Å². The maximum absolute atomic E-state index is 13.1. The van der Waals surface area contributed by atoms with Gasteiger partial charge in [-0.1, -0.05) is 24.3 Å². The minimum absolute atomic E-state index is 0.197. The minimum Gasteiger partial charge on any atom is -0.480 e. The third-order valence-electron chi connectivity index (χ3n) is 4.82. The Morgan fingerprint density at radius 1 is 1.17 bits per heavy atom. The molecule has 10 heteroatoms. The molecule has 162 valence electrons. The number of rotatable bonds is 5. The molecule has 0 saturated carbocycles. The number of sulfonamides is 1. The third kappa shape index (κ3) is 4.93. The van der Waals surface area contributed by atoms with Gasteiger partial charge in [0.25, 0.3) is 5.91 Å². The Kier molecular flexibility index (Phi) is 6.09. The molecule has 1 amide bonds. The van der Waals surface area contributed by atoms with Crippen LogP contribution in [0.15, 0.2) is 42.5 Å². The van der Waals surface area contributed by atoms with Crippen LogP contribution in [-0.2, 0) is 34.0 Å². The number of carbonyl (C=O) groups is 1. The van der Waals surface area contributed by atoms with Gasteiger partial charge in [-0.15, -0.1) is 0 Å². The Balaban J connectivity index is 1.75. The predicted octanol–water partition coefficient (Wildman–Crippen LogP) is 3.43. The fourth-order valence-corrected chi connectivity index (χ4v) is 4.06. The number of para-hydroxylation sites is 1. The number of carbonyl (C=O) groups excluding carboxylic acids is 1. The second kappa shape index (κ2) is 8.27. The number of hydrogen-bond acceptors (Lipinski definition) is 4. The Labute approximate surface area is 172 Å². The van der Waals surface area contributed by atoms with Crippen LogP contribution in [0.4, 0.5) is 18.9 Å². The van der Waals surface area contributed by atoms with Crippen LogP contribution >= 0.6 is 0 Å². The highest BCUT2D eigenvalue weighted by molar-refractivity contribution is 7.88. The van der Waals surface area contributed by atoms with Gasteiger partial charge in [0.15, 0.2) is 6.10 Å². The first kappa shape index (κ1) is 22.1. The molecule has 0 aliphatic carbocycles. The van der Waals surface area contributed by atoms with Gasteiger partial charge in [0.05, 0.1) is 11.8 Å². The van der Waals surface area contributed by atoms with Gasteiger partial charge in [0, 0.05) is 18.8 Å². The second-order valence-electron chi connectivity index (χ2n) is 7.03. The molecule has 2 aromatic carbocycles. The van der Waals surface area contributed by atoms with E-state index in [1.54, 1.807) is 18.2 Å². The van der Waals surface area contributed by atoms with Crippen LogP contribution in [-0.4, -0.2) is 37.5 Å². The van der Waals surface area contributed by atoms with Crippen LogP contribution in [0, 0.1) is 0 Å². The molecule has 0 radical (unpaired) electrons. The average molecular weight is 442 g/mol. The van der Waals surface area contributed by atoms with E-state index in [1.165, 1.54) is 23.4 Å². The number of ether oxygens (including phenoxy) is 1. The highest BCUT2D eigenvalue weighted by Gasteiger charge is 2.35. The Morgan fingerprint density at radius 2 is 1.87 bits per heavy atom. The molecule has 6 nitrogen and oxygen atoms in total. The lowest BCUT2D eigenvalue weighted by Gasteiger charge is -2.28. The lowest BCUT2D eigenvalue weighted by molar-refractivity contribution is -0.140. The Bertz CT molecular complexity index is 1050. The molecule has 3 rings (SSSR count). The monoisotopic (exact) mass is 442 g/mol. The van der Waals surface area contributed by atoms with E-state index >= 15 is 0 Å². The first-order valence-corrected chi connectivity index (χ1v) is 11.0. The van der Waals surface area contributed by atoms with E-state index in [0.29, 0.717) is 12.1 Å². The molecule has 0 fully saturated rings. The maximum atomic E-state index is 13.1. The number of benzene rings is 2. The molecule has 0 spiro atoms. The average Bonchev–Trinajstić information content (AvgIpc) is 2.66. The van der Waals surface area contributed by atoms with Crippen LogP contribution in [0.3, 0.4) is 0 Å². The molecule has 0 aromatic heterocycles. The van der Waals surface area contributed by atoms with E-state index in [1.807, 2.05) is 0 Å². The van der Waals surface area contributed by atoms with Crippen molar-refractivity contribution in [2.45, 2.75) is 32.2 Å². The summed E-state index contributed by atoms with van der Waals surface area (Å²) in [6.45, 7) is 1.84. The standard InChI is InChI=1S/C20H21F3N2O4S/c1-13(29-18-9-4-3-7-16(18)20(21,22)23)19(26)24-17-8-5-6-14-12-25(30(2,27)28)11-10-15(14)17/h3-9,13H,10-12H2,1-2H3,(H,24,26). The van der Waals surface area contributed by atoms with Gasteiger partial charge in [-0.05, 0) is 42.7 Å². The van der Waals surface area contributed by atoms with Gasteiger partial charge in [-0.25, -0.2) is 8.42 Å². The first-order valence-electron chi connectivity index (χ1n) is 9.16. The van der Waals surface area contributed by atoms with Crippen molar-refractivity contribution in [3.8, 4) is 5.75 Å². The Hall–Kier alpha value is -2.59. The summed E-state index contributed by atoms with van der Waals surface area (Å²) < 4.78 is 69.6. The van der Waals surface area contributed by atoms with Crippen molar-refractivity contribution in [2.24, 2.45) is 0 Å². The van der Waals surface area contributed by atoms with E-state index in [0.717, 1.165) is 29.5 Å². The molecule has 2 aromatic rings. The van der Waals surface area contributed by atoms with Gasteiger partial charge >= 0.3 is 6.18 Å². The van der Waals surface area contributed by atoms with Gasteiger partial charge in [-0.2, -0.15) is 17.5 Å². The lowest BCUT2D eigenvalue weighted by atomic mass is 9.99. The molecule has 30 heavy (non-hydrogen) atoms. The van der Waals surface area contributed by atoms with Crippen LogP contribution < -0.4 is 10.1 Å². The summed E-state index contributed by atoms with van der Waals surface area (Å²) in [5.41, 5.74) is 1.10. The van der Waals surface area contributed by atoms with E-state index < -0.39 is 39.5 Å². The number of anilines is 1. The zero-order valence-corrected chi connectivity index (χ0v) is 17.2. The Morgan fingerprint density at radius 3 is 2.53 bits per heavy atom. The third-order valence-corrected chi connectivity index (χ3v) is 6.07. The van der Waals surface area contributed by atoms with Crippen molar-refractivity contribution >= 4 is 21.6 Å². The van der Waals surface area contributed by atoms with Crippen LogP contribution in [0.1, 0.15) is 23.6 Å². The smallest absolute Gasteiger partial charge is 0.419 e. The maximum Gasteiger partial charge on any atom is 0.419 e. The number of fused-ring (bicyclic) bond motifs is 1. The summed E-state index contributed by atoms with van der Waals surface area (Å²) in [6.07, 6.45) is -4.23. The molecular weight excluding hydrogens is 421 g/mol. The fraction of sp³-hybridized carbons (Fsp3) is 0.350. The molecule has 0 saturated heterocycles. The van der Waals surface area contributed by atoms with Gasteiger partial charge in [-0.3, -0.25) is 4.79 Å². The predicted molar refractivity (Wildman–Crippen MR) is 106 cm³/mol. The molecule has 1 atom stereocenters. The molecule has 0 bridgehead atoms. The van der Waals surface area contributed by atoms with E-state index in [2.05, 4.69) is 5.32 Å². The molecule has 1 heterocycles. The van der Waals surface area contributed by atoms with Crippen molar-refractivity contribution in [3.63, 3.8) is 0 Å². The number of amides is 1. The highest BCUT2D eigenvalue weighted by atomic mass is 32.2. The lowest BCUT2D eigenvalue weighted by Crippen LogP contribution is -2.36. The molecule has 1 aliphatic heterocycles. The normalized spacial score (nSPS) is 15.9. The fourth-order valence-electron chi connectivity index (χ4n) is 3.27. The molecule has 1 aliphatic rings. The first-order chi connectivity index (χ1) is 14.0. The molecular formula is C20H21F3N2O4S. The zero-order chi connectivity index (χ0) is 22.1. The number of nitrogens with one attached hydrogen (secondary N) is 1. The summed E-state index contributed by atoms with van der Waals surface area (Å²) in [5, 5.41) is 2.69. The zero-order valence-electron chi connectivity index (χ0n) is 16.4. The van der Waals surface area contributed by atoms with Crippen molar-refractivity contribution < 1.29 is 31.1 Å². The number of nitrogens with zero attached hydrogens (tertiary/aromatic N) is 1. The molecule has 1 N–H and O–H groups in total. The van der Waals surface area contributed by atoms with Crippen molar-refractivity contribution in [1.29, 1.82) is 0 Å². The summed E-state index contributed by atoms with van der Waals surface area (Å²) in [7, 11) is -3.33. The minimum atomic E-state index is -4.60. The number of alkyl halides is 3. The SMILES string of the molecule is CC(Oc1ccccc1C(F)(F)F)C(=O)Nc1cccc2c1CCN(S(C)(=O)=O)C2. The largest absolute Gasteiger partial charge is 0.480 e. The number of hydrogen-bond donors (Lipinski definition) is 1. The highest BCUT2D eigenvalue weighted by Crippen LogP contribution is 2.36. The van der Waals surface area contributed by atoms with E-state index in [9.17, 15) is 26.4 Å². The van der Waals surface area contributed by atoms with Crippen molar-refractivity contribution in [3.05, 3.63) is 59.2 Å². The quantitative estimate of drug-likeness (QED) is 0.770. The van der Waals surface area contributed by atoms with Crippen molar-refractivity contribution in [2.75, 3.05) is 18.1 Å². The van der Waals surface area contributed by atoms with Crippen LogP contribution in [0.25, 0.3) is 0 Å². The summed E-state index contributed by atoms with van der Waals surface area (Å²) in [6, 6.07) is 9.83. The second-order valence-corrected chi connectivity index (χ2v) is 9.02. The molecule has 1 unspecified atom stereocenters. The van der Waals surface area contributed by atoms with Gasteiger partial charge in [0.2, 0.25) is 10.0 Å². The van der Waals surface area contributed by atoms with Crippen LogP contribution in [0.5, 0.6) is 5.75 Å².